The summed E-state index contributed by atoms with van der Waals surface area (Å²) in [4.78, 5) is 0. The van der Waals surface area contributed by atoms with Crippen LogP contribution in [0.3, 0.4) is 0 Å². The average molecular weight is 269 g/mol. The monoisotopic (exact) mass is 269 g/mol. The van der Waals surface area contributed by atoms with Gasteiger partial charge in [-0.25, -0.2) is 0 Å². The van der Waals surface area contributed by atoms with Gasteiger partial charge in [-0.15, -0.1) is 0 Å². The Labute approximate surface area is 117 Å². The third kappa shape index (κ3) is 2.31. The smallest absolute Gasteiger partial charge is 0.184 e. The van der Waals surface area contributed by atoms with Crippen LogP contribution in [0.15, 0.2) is 53.2 Å². The first-order valence-electron chi connectivity index (χ1n) is 6.32. The van der Waals surface area contributed by atoms with Crippen LogP contribution in [0.4, 0.5) is 0 Å². The summed E-state index contributed by atoms with van der Waals surface area (Å²) in [5.74, 6) is 0.982. The fourth-order valence-corrected chi connectivity index (χ4v) is 2.94. The van der Waals surface area contributed by atoms with Gasteiger partial charge in [-0.2, -0.15) is 5.10 Å². The predicted molar refractivity (Wildman–Crippen MR) is 82.5 cm³/mol. The molecular weight excluding hydrogens is 254 g/mol. The number of nitrogens with zero attached hydrogens (tertiary/aromatic N) is 1. The second-order valence-electron chi connectivity index (χ2n) is 4.80. The van der Waals surface area contributed by atoms with Crippen LogP contribution in [-0.2, 0) is 0 Å². The zero-order valence-electron chi connectivity index (χ0n) is 10.4. The maximum absolute atomic E-state index is 5.38. The molecule has 1 aromatic rings. The van der Waals surface area contributed by atoms with Crippen molar-refractivity contribution >= 4 is 29.1 Å². The predicted octanol–water partition coefficient (Wildman–Crippen LogP) is 2.47. The molecule has 0 aromatic heterocycles. The van der Waals surface area contributed by atoms with Crippen molar-refractivity contribution in [3.63, 3.8) is 0 Å². The molecule has 0 spiro atoms. The molecule has 0 heterocycles. The summed E-state index contributed by atoms with van der Waals surface area (Å²) in [5.41, 5.74) is 11.9. The average Bonchev–Trinajstić information content (AvgIpc) is 3.00. The van der Waals surface area contributed by atoms with E-state index in [1.807, 2.05) is 12.3 Å². The quantitative estimate of drug-likeness (QED) is 0.383. The van der Waals surface area contributed by atoms with Gasteiger partial charge in [-0.1, -0.05) is 42.5 Å². The Morgan fingerprint density at radius 2 is 2.00 bits per heavy atom. The fourth-order valence-electron chi connectivity index (χ4n) is 2.89. The van der Waals surface area contributed by atoms with E-state index in [4.69, 9.17) is 18.0 Å². The summed E-state index contributed by atoms with van der Waals surface area (Å²) >= 11 is 4.75. The highest BCUT2D eigenvalue weighted by Gasteiger charge is 2.34. The van der Waals surface area contributed by atoms with E-state index in [2.05, 4.69) is 46.9 Å². The minimum absolute atomic E-state index is 0.191. The minimum atomic E-state index is 0.191. The molecule has 4 heteroatoms. The Hall–Kier alpha value is -1.94. The van der Waals surface area contributed by atoms with E-state index in [-0.39, 0.29) is 5.11 Å². The van der Waals surface area contributed by atoms with Gasteiger partial charge in [-0.05, 0) is 35.3 Å². The molecule has 0 fully saturated rings. The van der Waals surface area contributed by atoms with Crippen LogP contribution in [0.25, 0.3) is 5.57 Å². The number of allylic oxidation sites excluding steroid dienone is 4. The fraction of sp³-hybridized carbons (Fsp3) is 0.200. The summed E-state index contributed by atoms with van der Waals surface area (Å²) in [6.07, 6.45) is 7.57. The first kappa shape index (κ1) is 12.1. The first-order chi connectivity index (χ1) is 9.25. The zero-order chi connectivity index (χ0) is 13.2. The highest BCUT2D eigenvalue weighted by atomic mass is 32.1. The molecule has 0 radical (unpaired) electrons. The normalized spacial score (nSPS) is 24.4. The lowest BCUT2D eigenvalue weighted by Gasteiger charge is -2.13. The number of hydrogen-bond acceptors (Lipinski definition) is 2. The summed E-state index contributed by atoms with van der Waals surface area (Å²) in [7, 11) is 0. The number of rotatable bonds is 3. The van der Waals surface area contributed by atoms with E-state index >= 15 is 0 Å². The molecule has 0 aliphatic heterocycles. The third-order valence-corrected chi connectivity index (χ3v) is 3.72. The molecule has 2 bridgehead atoms. The Kier molecular flexibility index (Phi) is 3.17. The molecule has 3 nitrogen and oxygen atoms in total. The lowest BCUT2D eigenvalue weighted by molar-refractivity contribution is 0.730. The number of benzene rings is 1. The summed E-state index contributed by atoms with van der Waals surface area (Å²) in [5, 5.41) is 4.31. The third-order valence-electron chi connectivity index (χ3n) is 3.63. The number of thiocarbonyl (C=S) groups is 1. The molecule has 2 unspecified atom stereocenters. The SMILES string of the molecule is NC(=S)NN=CC1=C(c2ccccc2)C2C=CC1C2. The van der Waals surface area contributed by atoms with Gasteiger partial charge in [0.15, 0.2) is 5.11 Å². The largest absolute Gasteiger partial charge is 0.375 e. The molecule has 3 rings (SSSR count). The van der Waals surface area contributed by atoms with Gasteiger partial charge in [0.05, 0.1) is 6.21 Å². The van der Waals surface area contributed by atoms with E-state index < -0.39 is 0 Å². The molecule has 2 atom stereocenters. The lowest BCUT2D eigenvalue weighted by Crippen LogP contribution is -2.24. The molecular formula is C15H15N3S. The van der Waals surface area contributed by atoms with Crippen LogP contribution in [0.1, 0.15) is 12.0 Å². The maximum Gasteiger partial charge on any atom is 0.184 e. The summed E-state index contributed by atoms with van der Waals surface area (Å²) in [6, 6.07) is 10.5. The van der Waals surface area contributed by atoms with Crippen LogP contribution in [-0.4, -0.2) is 11.3 Å². The van der Waals surface area contributed by atoms with Crippen molar-refractivity contribution in [2.24, 2.45) is 22.7 Å². The van der Waals surface area contributed by atoms with Gasteiger partial charge in [0, 0.05) is 11.8 Å². The number of nitrogens with one attached hydrogen (secondary N) is 1. The molecule has 19 heavy (non-hydrogen) atoms. The summed E-state index contributed by atoms with van der Waals surface area (Å²) in [6.45, 7) is 0. The summed E-state index contributed by atoms with van der Waals surface area (Å²) < 4.78 is 0. The molecule has 0 saturated carbocycles. The van der Waals surface area contributed by atoms with Crippen molar-refractivity contribution in [2.75, 3.05) is 0 Å². The highest BCUT2D eigenvalue weighted by molar-refractivity contribution is 7.80. The van der Waals surface area contributed by atoms with Crippen molar-refractivity contribution in [2.45, 2.75) is 6.42 Å². The molecule has 96 valence electrons. The Balaban J connectivity index is 1.95. The second-order valence-corrected chi connectivity index (χ2v) is 5.24. The first-order valence-corrected chi connectivity index (χ1v) is 6.73. The molecule has 2 aliphatic carbocycles. The van der Waals surface area contributed by atoms with Gasteiger partial charge >= 0.3 is 0 Å². The van der Waals surface area contributed by atoms with E-state index in [0.29, 0.717) is 11.8 Å². The van der Waals surface area contributed by atoms with Crippen LogP contribution >= 0.6 is 12.2 Å². The molecule has 0 saturated heterocycles. The Morgan fingerprint density at radius 3 is 2.74 bits per heavy atom. The van der Waals surface area contributed by atoms with Crippen LogP contribution in [0, 0.1) is 11.8 Å². The number of hydrazone groups is 1. The van der Waals surface area contributed by atoms with Crippen molar-refractivity contribution < 1.29 is 0 Å². The molecule has 2 aliphatic rings. The molecule has 0 amide bonds. The van der Waals surface area contributed by atoms with E-state index in [0.717, 1.165) is 6.42 Å². The van der Waals surface area contributed by atoms with Gasteiger partial charge in [0.1, 0.15) is 0 Å². The van der Waals surface area contributed by atoms with Gasteiger partial charge in [0.25, 0.3) is 0 Å². The molecule has 1 aromatic carbocycles. The molecule has 3 N–H and O–H groups in total. The maximum atomic E-state index is 5.38. The number of hydrogen-bond donors (Lipinski definition) is 2. The van der Waals surface area contributed by atoms with Crippen molar-refractivity contribution in [1.82, 2.24) is 5.43 Å². The number of fused-ring (bicyclic) bond motifs is 2. The lowest BCUT2D eigenvalue weighted by atomic mass is 9.92. The van der Waals surface area contributed by atoms with Crippen LogP contribution in [0.5, 0.6) is 0 Å². The van der Waals surface area contributed by atoms with E-state index in [1.54, 1.807) is 0 Å². The van der Waals surface area contributed by atoms with Crippen LogP contribution in [0.2, 0.25) is 0 Å². The Morgan fingerprint density at radius 1 is 1.26 bits per heavy atom. The minimum Gasteiger partial charge on any atom is -0.375 e. The topological polar surface area (TPSA) is 50.4 Å². The Bertz CT molecular complexity index is 587. The van der Waals surface area contributed by atoms with E-state index in [9.17, 15) is 0 Å². The van der Waals surface area contributed by atoms with Crippen molar-refractivity contribution in [1.29, 1.82) is 0 Å². The van der Waals surface area contributed by atoms with Gasteiger partial charge < -0.3 is 5.73 Å². The highest BCUT2D eigenvalue weighted by Crippen LogP contribution is 2.47. The van der Waals surface area contributed by atoms with Crippen molar-refractivity contribution in [3.05, 3.63) is 53.6 Å². The van der Waals surface area contributed by atoms with Gasteiger partial charge in [0.2, 0.25) is 0 Å². The van der Waals surface area contributed by atoms with Crippen LogP contribution < -0.4 is 11.2 Å². The number of nitrogens with two attached hydrogens (primary N) is 1. The van der Waals surface area contributed by atoms with Gasteiger partial charge in [-0.3, -0.25) is 5.43 Å². The van der Waals surface area contributed by atoms with Crippen molar-refractivity contribution in [3.8, 4) is 0 Å². The second kappa shape index (κ2) is 4.97. The van der Waals surface area contributed by atoms with E-state index in [1.165, 1.54) is 16.7 Å². The zero-order valence-corrected chi connectivity index (χ0v) is 11.2. The standard InChI is InChI=1S/C15H15N3S/c16-15(19)18-17-9-13-11-6-7-12(8-11)14(13)10-4-2-1-3-5-10/h1-7,9,11-12H,8H2,(H3,16,18,19).